The van der Waals surface area contributed by atoms with Crippen LogP contribution in [0.3, 0.4) is 0 Å². The Hall–Kier alpha value is -1.62. The number of nitrogens with one attached hydrogen (secondary N) is 1. The van der Waals surface area contributed by atoms with Crippen molar-refractivity contribution >= 4 is 28.4 Å². The predicted molar refractivity (Wildman–Crippen MR) is 91.3 cm³/mol. The maximum atomic E-state index is 5.21. The Bertz CT molecular complexity index is 628. The van der Waals surface area contributed by atoms with Crippen molar-refractivity contribution in [1.82, 2.24) is 0 Å². The molecule has 1 aromatic carbocycles. The third-order valence-electron chi connectivity index (χ3n) is 3.20. The third kappa shape index (κ3) is 3.53. The Morgan fingerprint density at radius 2 is 1.71 bits per heavy atom. The lowest BCUT2D eigenvalue weighted by atomic mass is 10.1. The number of methoxy groups -OCH3 is 1. The van der Waals surface area contributed by atoms with Crippen LogP contribution in [-0.4, -0.2) is 7.11 Å². The fourth-order valence-corrected chi connectivity index (χ4v) is 3.94. The number of hydrogen-bond donors (Lipinski definition) is 1. The molecule has 4 heteroatoms. The van der Waals surface area contributed by atoms with Gasteiger partial charge in [0, 0.05) is 22.6 Å². The lowest BCUT2D eigenvalue weighted by Gasteiger charge is -2.18. The highest BCUT2D eigenvalue weighted by Crippen LogP contribution is 2.32. The summed E-state index contributed by atoms with van der Waals surface area (Å²) in [6.07, 6.45) is 0. The van der Waals surface area contributed by atoms with Crippen LogP contribution in [0.15, 0.2) is 59.3 Å². The summed E-state index contributed by atoms with van der Waals surface area (Å²) in [6.45, 7) is 0.637. The maximum Gasteiger partial charge on any atom is 0.0953 e. The van der Waals surface area contributed by atoms with E-state index in [0.717, 1.165) is 5.69 Å². The van der Waals surface area contributed by atoms with Crippen LogP contribution in [0.2, 0.25) is 0 Å². The first kappa shape index (κ1) is 14.3. The SMILES string of the molecule is COCc1cccc(NC(c2cccs2)c2cccs2)c1. The number of hydrogen-bond acceptors (Lipinski definition) is 4. The summed E-state index contributed by atoms with van der Waals surface area (Å²) in [5, 5.41) is 7.90. The molecule has 0 unspecified atom stereocenters. The summed E-state index contributed by atoms with van der Waals surface area (Å²) in [4.78, 5) is 2.66. The normalized spacial score (nSPS) is 11.0. The summed E-state index contributed by atoms with van der Waals surface area (Å²) in [5.41, 5.74) is 2.30. The van der Waals surface area contributed by atoms with Gasteiger partial charge in [-0.3, -0.25) is 0 Å². The first-order chi connectivity index (χ1) is 10.4. The summed E-state index contributed by atoms with van der Waals surface area (Å²) < 4.78 is 5.21. The molecule has 0 aliphatic rings. The molecule has 3 aromatic rings. The van der Waals surface area contributed by atoms with Gasteiger partial charge in [-0.2, -0.15) is 0 Å². The molecule has 0 radical (unpaired) electrons. The molecule has 0 aliphatic carbocycles. The van der Waals surface area contributed by atoms with E-state index in [-0.39, 0.29) is 6.04 Å². The first-order valence-corrected chi connectivity index (χ1v) is 8.54. The quantitative estimate of drug-likeness (QED) is 0.678. The van der Waals surface area contributed by atoms with Crippen molar-refractivity contribution in [3.05, 3.63) is 74.6 Å². The van der Waals surface area contributed by atoms with E-state index >= 15 is 0 Å². The van der Waals surface area contributed by atoms with Gasteiger partial charge in [-0.25, -0.2) is 0 Å². The van der Waals surface area contributed by atoms with Gasteiger partial charge in [-0.15, -0.1) is 22.7 Å². The molecule has 0 amide bonds. The Morgan fingerprint density at radius 3 is 2.29 bits per heavy atom. The molecule has 3 rings (SSSR count). The van der Waals surface area contributed by atoms with E-state index in [2.05, 4.69) is 64.6 Å². The number of ether oxygens (including phenoxy) is 1. The van der Waals surface area contributed by atoms with E-state index in [0.29, 0.717) is 6.61 Å². The molecule has 0 aliphatic heterocycles. The van der Waals surface area contributed by atoms with Crippen molar-refractivity contribution in [1.29, 1.82) is 0 Å². The smallest absolute Gasteiger partial charge is 0.0953 e. The Balaban J connectivity index is 1.87. The highest BCUT2D eigenvalue weighted by molar-refractivity contribution is 7.11. The van der Waals surface area contributed by atoms with E-state index < -0.39 is 0 Å². The molecule has 0 saturated carbocycles. The van der Waals surface area contributed by atoms with Crippen molar-refractivity contribution in [3.63, 3.8) is 0 Å². The van der Waals surface area contributed by atoms with Crippen molar-refractivity contribution in [3.8, 4) is 0 Å². The molecular formula is C17H17NOS2. The number of anilines is 1. The highest BCUT2D eigenvalue weighted by atomic mass is 32.1. The lowest BCUT2D eigenvalue weighted by molar-refractivity contribution is 0.185. The van der Waals surface area contributed by atoms with Crippen LogP contribution < -0.4 is 5.32 Å². The molecule has 0 atom stereocenters. The molecule has 1 N–H and O–H groups in total. The number of thiophene rings is 2. The van der Waals surface area contributed by atoms with Crippen molar-refractivity contribution in [2.45, 2.75) is 12.6 Å². The number of benzene rings is 1. The summed E-state index contributed by atoms with van der Waals surface area (Å²) in [7, 11) is 1.72. The van der Waals surface area contributed by atoms with Crippen LogP contribution >= 0.6 is 22.7 Å². The maximum absolute atomic E-state index is 5.21. The molecule has 0 bridgehead atoms. The second-order valence-electron chi connectivity index (χ2n) is 4.74. The average Bonchev–Trinajstić information content (AvgIpc) is 3.19. The van der Waals surface area contributed by atoms with E-state index in [1.54, 1.807) is 29.8 Å². The molecule has 21 heavy (non-hydrogen) atoms. The summed E-state index contributed by atoms with van der Waals surface area (Å²) in [5.74, 6) is 0. The monoisotopic (exact) mass is 315 g/mol. The molecule has 2 aromatic heterocycles. The van der Waals surface area contributed by atoms with Crippen molar-refractivity contribution in [2.24, 2.45) is 0 Å². The molecule has 2 heterocycles. The van der Waals surface area contributed by atoms with Crippen molar-refractivity contribution in [2.75, 3.05) is 12.4 Å². The topological polar surface area (TPSA) is 21.3 Å². The zero-order valence-corrected chi connectivity index (χ0v) is 13.4. The minimum Gasteiger partial charge on any atom is -0.380 e. The Morgan fingerprint density at radius 1 is 1.00 bits per heavy atom. The Labute approximate surface area is 133 Å². The molecule has 0 spiro atoms. The van der Waals surface area contributed by atoms with Gasteiger partial charge in [-0.05, 0) is 40.6 Å². The zero-order valence-electron chi connectivity index (χ0n) is 11.8. The van der Waals surface area contributed by atoms with Gasteiger partial charge in [-0.1, -0.05) is 24.3 Å². The van der Waals surface area contributed by atoms with Crippen molar-refractivity contribution < 1.29 is 4.74 Å². The van der Waals surface area contributed by atoms with Gasteiger partial charge in [0.25, 0.3) is 0 Å². The molecule has 0 fully saturated rings. The van der Waals surface area contributed by atoms with E-state index in [9.17, 15) is 0 Å². The summed E-state index contributed by atoms with van der Waals surface area (Å²) >= 11 is 3.56. The van der Waals surface area contributed by atoms with Gasteiger partial charge in [0.05, 0.1) is 12.6 Å². The third-order valence-corrected chi connectivity index (χ3v) is 5.08. The van der Waals surface area contributed by atoms with Crippen LogP contribution in [0, 0.1) is 0 Å². The van der Waals surface area contributed by atoms with Gasteiger partial charge in [0.1, 0.15) is 0 Å². The Kier molecular flexibility index (Phi) is 4.70. The summed E-state index contributed by atoms with van der Waals surface area (Å²) in [6, 6.07) is 17.2. The van der Waals surface area contributed by atoms with Gasteiger partial charge < -0.3 is 10.1 Å². The number of rotatable bonds is 6. The van der Waals surface area contributed by atoms with Gasteiger partial charge >= 0.3 is 0 Å². The van der Waals surface area contributed by atoms with E-state index in [1.807, 2.05) is 0 Å². The van der Waals surface area contributed by atoms with E-state index in [4.69, 9.17) is 4.74 Å². The van der Waals surface area contributed by atoms with Gasteiger partial charge in [0.15, 0.2) is 0 Å². The fourth-order valence-electron chi connectivity index (χ4n) is 2.28. The second kappa shape index (κ2) is 6.89. The van der Waals surface area contributed by atoms with Crippen LogP contribution in [-0.2, 0) is 11.3 Å². The molecule has 2 nitrogen and oxygen atoms in total. The lowest BCUT2D eigenvalue weighted by Crippen LogP contribution is -2.09. The molecule has 0 saturated heterocycles. The second-order valence-corrected chi connectivity index (χ2v) is 6.70. The van der Waals surface area contributed by atoms with Crippen LogP contribution in [0.5, 0.6) is 0 Å². The van der Waals surface area contributed by atoms with Crippen LogP contribution in [0.1, 0.15) is 21.4 Å². The largest absolute Gasteiger partial charge is 0.380 e. The molecular weight excluding hydrogens is 298 g/mol. The highest BCUT2D eigenvalue weighted by Gasteiger charge is 2.16. The molecule has 108 valence electrons. The van der Waals surface area contributed by atoms with E-state index in [1.165, 1.54) is 15.3 Å². The fraction of sp³-hybridized carbons (Fsp3) is 0.176. The predicted octanol–water partition coefficient (Wildman–Crippen LogP) is 5.16. The first-order valence-electron chi connectivity index (χ1n) is 6.78. The average molecular weight is 315 g/mol. The standard InChI is InChI=1S/C17H17NOS2/c1-19-12-13-5-2-6-14(11-13)18-17(15-7-3-9-20-15)16-8-4-10-21-16/h2-11,17-18H,12H2,1H3. The zero-order chi connectivity index (χ0) is 14.5. The minimum atomic E-state index is 0.211. The van der Waals surface area contributed by atoms with Gasteiger partial charge in [0.2, 0.25) is 0 Å². The minimum absolute atomic E-state index is 0.211. The van der Waals surface area contributed by atoms with Crippen LogP contribution in [0.25, 0.3) is 0 Å². The van der Waals surface area contributed by atoms with Crippen LogP contribution in [0.4, 0.5) is 5.69 Å².